The van der Waals surface area contributed by atoms with Gasteiger partial charge in [0.1, 0.15) is 17.8 Å². The van der Waals surface area contributed by atoms with Crippen LogP contribution in [0.2, 0.25) is 0 Å². The third-order valence-corrected chi connectivity index (χ3v) is 7.08. The minimum atomic E-state index is 0.569. The van der Waals surface area contributed by atoms with Gasteiger partial charge in [0.05, 0.1) is 5.39 Å². The number of hydrogen-bond donors (Lipinski definition) is 3. The van der Waals surface area contributed by atoms with Crippen molar-refractivity contribution in [2.75, 3.05) is 38.0 Å². The second-order valence-electron chi connectivity index (χ2n) is 9.39. The van der Waals surface area contributed by atoms with Crippen LogP contribution in [0.25, 0.3) is 11.0 Å². The first kappa shape index (κ1) is 21.4. The van der Waals surface area contributed by atoms with Gasteiger partial charge < -0.3 is 20.5 Å². The Hall–Kier alpha value is -2.44. The Bertz CT molecular complexity index is 998. The summed E-state index contributed by atoms with van der Waals surface area (Å²) in [5.41, 5.74) is 3.95. The largest absolute Gasteiger partial charge is 0.369 e. The molecule has 6 nitrogen and oxygen atoms in total. The normalized spacial score (nSPS) is 20.4. The van der Waals surface area contributed by atoms with Crippen molar-refractivity contribution in [1.29, 1.82) is 0 Å². The predicted molar refractivity (Wildman–Crippen MR) is 131 cm³/mol. The van der Waals surface area contributed by atoms with E-state index in [2.05, 4.69) is 67.0 Å². The quantitative estimate of drug-likeness (QED) is 0.424. The molecule has 0 radical (unpaired) electrons. The maximum atomic E-state index is 4.68. The number of hydrogen-bond acceptors (Lipinski definition) is 5. The van der Waals surface area contributed by atoms with E-state index in [0.29, 0.717) is 6.04 Å². The molecular weight excluding hydrogens is 396 g/mol. The monoisotopic (exact) mass is 432 g/mol. The van der Waals surface area contributed by atoms with Crippen LogP contribution in [0.15, 0.2) is 42.9 Å². The lowest BCUT2D eigenvalue weighted by molar-refractivity contribution is 0.451. The SMILES string of the molecule is c1ccc(CCNCCCNCC2CCC(n3cc4c5c(ncnc53)NCCC4)C2)cc1. The molecule has 1 saturated carbocycles. The topological polar surface area (TPSA) is 66.8 Å². The fourth-order valence-corrected chi connectivity index (χ4v) is 5.38. The van der Waals surface area contributed by atoms with Gasteiger partial charge in [-0.1, -0.05) is 30.3 Å². The summed E-state index contributed by atoms with van der Waals surface area (Å²) in [4.78, 5) is 9.17. The van der Waals surface area contributed by atoms with Crippen LogP contribution < -0.4 is 16.0 Å². The Balaban J connectivity index is 1.04. The van der Waals surface area contributed by atoms with Crippen LogP contribution in [-0.4, -0.2) is 47.3 Å². The van der Waals surface area contributed by atoms with E-state index < -0.39 is 0 Å². The van der Waals surface area contributed by atoms with Crippen LogP contribution in [-0.2, 0) is 12.8 Å². The molecule has 5 rings (SSSR count). The molecule has 32 heavy (non-hydrogen) atoms. The summed E-state index contributed by atoms with van der Waals surface area (Å²) in [6, 6.07) is 11.3. The Morgan fingerprint density at radius 2 is 1.94 bits per heavy atom. The van der Waals surface area contributed by atoms with E-state index in [-0.39, 0.29) is 0 Å². The number of benzene rings is 1. The molecule has 0 spiro atoms. The van der Waals surface area contributed by atoms with E-state index in [4.69, 9.17) is 0 Å². The zero-order valence-electron chi connectivity index (χ0n) is 19.0. The van der Waals surface area contributed by atoms with Gasteiger partial charge in [-0.3, -0.25) is 0 Å². The van der Waals surface area contributed by atoms with Crippen molar-refractivity contribution in [3.63, 3.8) is 0 Å². The van der Waals surface area contributed by atoms with Gasteiger partial charge in [0, 0.05) is 18.8 Å². The highest BCUT2D eigenvalue weighted by Crippen LogP contribution is 2.38. The standard InChI is InChI=1S/C26H36N6/c1-2-6-20(7-3-1)11-15-27-12-5-13-28-17-21-9-10-23(16-21)32-18-22-8-4-14-29-25-24(22)26(32)31-19-30-25/h1-3,6-7,18-19,21,23,27-28H,4-5,8-17H2,(H,29,30,31). The highest BCUT2D eigenvalue weighted by Gasteiger charge is 2.28. The zero-order valence-corrected chi connectivity index (χ0v) is 19.0. The maximum Gasteiger partial charge on any atom is 0.146 e. The summed E-state index contributed by atoms with van der Waals surface area (Å²) in [5, 5.41) is 12.0. The summed E-state index contributed by atoms with van der Waals surface area (Å²) < 4.78 is 2.46. The first-order chi connectivity index (χ1) is 15.9. The number of anilines is 1. The number of nitrogens with zero attached hydrogens (tertiary/aromatic N) is 3. The lowest BCUT2D eigenvalue weighted by atomic mass is 10.1. The first-order valence-electron chi connectivity index (χ1n) is 12.4. The molecule has 2 unspecified atom stereocenters. The molecule has 2 aliphatic rings. The average Bonchev–Trinajstić information content (AvgIpc) is 3.38. The van der Waals surface area contributed by atoms with Crippen LogP contribution in [0.4, 0.5) is 5.82 Å². The van der Waals surface area contributed by atoms with Crippen molar-refractivity contribution >= 4 is 16.9 Å². The van der Waals surface area contributed by atoms with Crippen molar-refractivity contribution in [2.45, 2.75) is 51.0 Å². The molecule has 2 atom stereocenters. The van der Waals surface area contributed by atoms with Gasteiger partial charge >= 0.3 is 0 Å². The van der Waals surface area contributed by atoms with Gasteiger partial charge in [-0.2, -0.15) is 0 Å². The summed E-state index contributed by atoms with van der Waals surface area (Å²) in [5.74, 6) is 1.79. The Kier molecular flexibility index (Phi) is 6.99. The minimum absolute atomic E-state index is 0.569. The molecule has 6 heteroatoms. The van der Waals surface area contributed by atoms with Gasteiger partial charge in [0.15, 0.2) is 0 Å². The van der Waals surface area contributed by atoms with Gasteiger partial charge in [-0.05, 0) is 88.2 Å². The Morgan fingerprint density at radius 1 is 1.03 bits per heavy atom. The lowest BCUT2D eigenvalue weighted by Gasteiger charge is -2.15. The summed E-state index contributed by atoms with van der Waals surface area (Å²) in [6.45, 7) is 5.37. The number of aryl methyl sites for hydroxylation is 1. The third kappa shape index (κ3) is 4.97. The van der Waals surface area contributed by atoms with E-state index >= 15 is 0 Å². The highest BCUT2D eigenvalue weighted by molar-refractivity contribution is 5.91. The fourth-order valence-electron chi connectivity index (χ4n) is 5.38. The molecule has 170 valence electrons. The molecule has 0 amide bonds. The van der Waals surface area contributed by atoms with E-state index in [0.717, 1.165) is 69.4 Å². The third-order valence-electron chi connectivity index (χ3n) is 7.08. The maximum absolute atomic E-state index is 4.68. The Morgan fingerprint density at radius 3 is 2.88 bits per heavy atom. The van der Waals surface area contributed by atoms with E-state index in [1.807, 2.05) is 0 Å². The van der Waals surface area contributed by atoms with Crippen LogP contribution in [0.5, 0.6) is 0 Å². The molecule has 1 aliphatic carbocycles. The number of rotatable bonds is 10. The van der Waals surface area contributed by atoms with Crippen molar-refractivity contribution in [2.24, 2.45) is 5.92 Å². The Labute approximate surface area is 191 Å². The zero-order chi connectivity index (χ0) is 21.6. The highest BCUT2D eigenvalue weighted by atomic mass is 15.1. The summed E-state index contributed by atoms with van der Waals surface area (Å²) in [6.07, 6.45) is 12.5. The molecule has 1 fully saturated rings. The van der Waals surface area contributed by atoms with Crippen LogP contribution in [0.3, 0.4) is 0 Å². The van der Waals surface area contributed by atoms with E-state index in [9.17, 15) is 0 Å². The molecule has 0 bridgehead atoms. The molecule has 3 N–H and O–H groups in total. The molecule has 0 saturated heterocycles. The number of nitrogens with one attached hydrogen (secondary N) is 3. The lowest BCUT2D eigenvalue weighted by Crippen LogP contribution is -2.26. The van der Waals surface area contributed by atoms with Crippen molar-refractivity contribution in [3.05, 3.63) is 54.0 Å². The van der Waals surface area contributed by atoms with Crippen LogP contribution in [0.1, 0.15) is 49.3 Å². The number of aromatic nitrogens is 3. The molecule has 2 aromatic heterocycles. The molecule has 3 heterocycles. The molecule has 1 aliphatic heterocycles. The van der Waals surface area contributed by atoms with Crippen LogP contribution in [0, 0.1) is 5.92 Å². The van der Waals surface area contributed by atoms with Crippen molar-refractivity contribution in [3.8, 4) is 0 Å². The molecule has 3 aromatic rings. The van der Waals surface area contributed by atoms with Gasteiger partial charge in [-0.25, -0.2) is 9.97 Å². The van der Waals surface area contributed by atoms with E-state index in [1.54, 1.807) is 6.33 Å². The molecule has 1 aromatic carbocycles. The van der Waals surface area contributed by atoms with E-state index in [1.165, 1.54) is 42.2 Å². The van der Waals surface area contributed by atoms with Gasteiger partial charge in [-0.15, -0.1) is 0 Å². The van der Waals surface area contributed by atoms with Crippen LogP contribution >= 0.6 is 0 Å². The second-order valence-corrected chi connectivity index (χ2v) is 9.39. The first-order valence-corrected chi connectivity index (χ1v) is 12.4. The fraction of sp³-hybridized carbons (Fsp3) is 0.538. The van der Waals surface area contributed by atoms with Gasteiger partial charge in [0.2, 0.25) is 0 Å². The molecular formula is C26H36N6. The van der Waals surface area contributed by atoms with Gasteiger partial charge in [0.25, 0.3) is 0 Å². The van der Waals surface area contributed by atoms with Crippen molar-refractivity contribution < 1.29 is 0 Å². The average molecular weight is 433 g/mol. The summed E-state index contributed by atoms with van der Waals surface area (Å²) in [7, 11) is 0. The predicted octanol–water partition coefficient (Wildman–Crippen LogP) is 3.94. The summed E-state index contributed by atoms with van der Waals surface area (Å²) >= 11 is 0. The smallest absolute Gasteiger partial charge is 0.146 e. The second kappa shape index (κ2) is 10.5. The van der Waals surface area contributed by atoms with Crippen molar-refractivity contribution in [1.82, 2.24) is 25.2 Å². The minimum Gasteiger partial charge on any atom is -0.369 e.